The number of aromatic nitrogens is 2. The second-order valence-corrected chi connectivity index (χ2v) is 40.5. The van der Waals surface area contributed by atoms with Crippen LogP contribution in [0.4, 0.5) is 34.1 Å². The van der Waals surface area contributed by atoms with Crippen LogP contribution in [0.1, 0.15) is 132 Å². The van der Waals surface area contributed by atoms with Crippen LogP contribution in [0, 0.1) is 0 Å². The van der Waals surface area contributed by atoms with Gasteiger partial charge in [-0.15, -0.1) is 0 Å². The Morgan fingerprint density at radius 3 is 0.822 bits per heavy atom. The Morgan fingerprint density at radius 2 is 0.534 bits per heavy atom. The van der Waals surface area contributed by atoms with Gasteiger partial charge >= 0.3 is 0 Å². The normalized spacial score (nSPS) is 13.8. The van der Waals surface area contributed by atoms with E-state index in [0.29, 0.717) is 0 Å². The van der Waals surface area contributed by atoms with E-state index in [2.05, 4.69) is 432 Å². The first-order valence-electron chi connectivity index (χ1n) is 42.1. The molecule has 2 aromatic heterocycles. The Kier molecular flexibility index (Phi) is 16.9. The maximum absolute atomic E-state index is 2.75. The van der Waals surface area contributed by atoms with Crippen LogP contribution in [-0.4, -0.2) is 22.6 Å². The average molecular weight is 1560 g/mol. The van der Waals surface area contributed by atoms with E-state index >= 15 is 0 Å². The number of rotatable bonds is 8. The van der Waals surface area contributed by atoms with Crippen molar-refractivity contribution in [1.82, 2.24) is 9.13 Å². The summed E-state index contributed by atoms with van der Waals surface area (Å²) < 4.78 is 5.29. The van der Waals surface area contributed by atoms with Crippen molar-refractivity contribution in [3.8, 4) is 55.9 Å². The van der Waals surface area contributed by atoms with Crippen molar-refractivity contribution in [3.63, 3.8) is 0 Å². The maximum atomic E-state index is 2.75. The van der Waals surface area contributed by atoms with Gasteiger partial charge in [0.2, 0.25) is 13.4 Å². The fraction of sp³-hybridized carbons (Fsp3) is 0.182. The summed E-state index contributed by atoms with van der Waals surface area (Å²) >= 11 is 4.04. The van der Waals surface area contributed by atoms with Crippen molar-refractivity contribution >= 4 is 147 Å². The first-order valence-corrected chi connectivity index (χ1v) is 43.7. The van der Waals surface area contributed by atoms with Crippen molar-refractivity contribution in [2.45, 2.75) is 151 Å². The summed E-state index contributed by atoms with van der Waals surface area (Å²) in [5.41, 5.74) is 37.4. The fourth-order valence-electron chi connectivity index (χ4n) is 19.8. The Bertz CT molecular complexity index is 6350. The monoisotopic (exact) mass is 1560 g/mol. The summed E-state index contributed by atoms with van der Waals surface area (Å²) in [5, 5.41) is 5.02. The van der Waals surface area contributed by atoms with Crippen molar-refractivity contribution in [1.29, 1.82) is 0 Å². The molecular formula is C110H96B2N4S2. The molecule has 4 aliphatic rings. The van der Waals surface area contributed by atoms with E-state index < -0.39 is 0 Å². The van der Waals surface area contributed by atoms with Crippen LogP contribution >= 0.6 is 23.5 Å². The van der Waals surface area contributed by atoms with Crippen LogP contribution in [0.5, 0.6) is 0 Å². The van der Waals surface area contributed by atoms with E-state index in [1.165, 1.54) is 191 Å². The van der Waals surface area contributed by atoms with Crippen molar-refractivity contribution in [2.75, 3.05) is 9.80 Å². The molecule has 0 amide bonds. The van der Waals surface area contributed by atoms with Gasteiger partial charge in [-0.05, 0) is 160 Å². The van der Waals surface area contributed by atoms with Gasteiger partial charge in [-0.1, -0.05) is 387 Å². The second kappa shape index (κ2) is 26.9. The molecule has 0 unspecified atom stereocenters. The molecule has 574 valence electrons. The van der Waals surface area contributed by atoms with E-state index in [4.69, 9.17) is 0 Å². The van der Waals surface area contributed by atoms with Gasteiger partial charge in [0, 0.05) is 97.5 Å². The molecule has 0 radical (unpaired) electrons. The highest BCUT2D eigenvalue weighted by atomic mass is 32.2. The van der Waals surface area contributed by atoms with Crippen LogP contribution < -0.4 is 42.6 Å². The predicted molar refractivity (Wildman–Crippen MR) is 510 cm³/mol. The van der Waals surface area contributed by atoms with Crippen molar-refractivity contribution in [2.24, 2.45) is 0 Å². The summed E-state index contributed by atoms with van der Waals surface area (Å²) in [7, 11) is 0. The molecule has 0 spiro atoms. The molecule has 0 saturated carbocycles. The fourth-order valence-corrected chi connectivity index (χ4v) is 23.0. The SMILES string of the molecule is CC(C)(C)c1ccc2c3ccc(C(C)(C)C)cc3n(-c3cc4c5c(c3)N(c3c(-c6ccccc6)cccc3-c3ccccc3)c3ccccc3B5c3cc5c(c(C(C)(C)C)c3S4)Sc3cc(-n4c6cc(C(C)(C)C)ccc6c6ccc(C(C)(C)C)cc64)cc4c3B5c3ccccc3N4c3c(-c4ccccc4)cccc3-c3ccccc3)c2c1. The molecule has 0 saturated heterocycles. The molecule has 118 heavy (non-hydrogen) atoms. The minimum atomic E-state index is -0.358. The topological polar surface area (TPSA) is 16.3 Å². The number of anilines is 6. The minimum absolute atomic E-state index is 0.101. The summed E-state index contributed by atoms with van der Waals surface area (Å²) in [4.78, 5) is 10.7. The molecule has 17 aromatic rings. The number of benzene rings is 15. The van der Waals surface area contributed by atoms with Gasteiger partial charge in [0.1, 0.15) is 0 Å². The molecule has 0 atom stereocenters. The largest absolute Gasteiger partial charge is 0.310 e. The molecule has 21 rings (SSSR count). The van der Waals surface area contributed by atoms with Crippen LogP contribution in [0.2, 0.25) is 0 Å². The Hall–Kier alpha value is -11.7. The van der Waals surface area contributed by atoms with Gasteiger partial charge in [0.05, 0.1) is 33.4 Å². The van der Waals surface area contributed by atoms with E-state index in [0.717, 1.165) is 22.7 Å². The van der Waals surface area contributed by atoms with Gasteiger partial charge in [-0.3, -0.25) is 0 Å². The van der Waals surface area contributed by atoms with Gasteiger partial charge in [0.25, 0.3) is 0 Å². The number of hydrogen-bond donors (Lipinski definition) is 0. The van der Waals surface area contributed by atoms with Crippen molar-refractivity contribution in [3.05, 3.63) is 337 Å². The summed E-state index contributed by atoms with van der Waals surface area (Å²) in [6.45, 7) is 35.4. The van der Waals surface area contributed by atoms with Gasteiger partial charge < -0.3 is 18.9 Å². The molecule has 6 heterocycles. The predicted octanol–water partition coefficient (Wildman–Crippen LogP) is 26.6. The zero-order chi connectivity index (χ0) is 81.0. The smallest absolute Gasteiger partial charge is 0.249 e. The summed E-state index contributed by atoms with van der Waals surface area (Å²) in [6, 6.07) is 120. The standard InChI is InChI=1S/C110H96B2N4S2/c1-106(2,3)71-50-54-81-82-55-51-72(107(4,5)6)59-92(82)113(91(81)58-71)75-62-95-100-97(64-75)117-104-87(111(100)85-46-28-30-48-89(85)115(95)102-77(67-34-20-16-21-35-67)42-32-43-78(102)68-36-22-17-23-37-68)66-88-105(99(104)110(13,14)15)118-98-65-76(114-93-60-73(108(7,8)9)52-56-83(93)84-57-53-74(61-94(84)114)109(10,11)12)63-96-101(98)112(88)86-47-29-31-49-90(86)116(96)103-79(69-38-24-18-25-39-69)44-33-45-80(103)70-40-26-19-27-41-70/h16-66H,1-15H3. The lowest BCUT2D eigenvalue weighted by Crippen LogP contribution is -2.64. The first kappa shape index (κ1) is 73.9. The Balaban J connectivity index is 0.883. The molecule has 8 heteroatoms. The molecule has 4 aliphatic heterocycles. The molecule has 4 nitrogen and oxygen atoms in total. The zero-order valence-electron chi connectivity index (χ0n) is 70.2. The number of para-hydroxylation sites is 4. The van der Waals surface area contributed by atoms with Gasteiger partial charge in [-0.2, -0.15) is 0 Å². The zero-order valence-corrected chi connectivity index (χ0v) is 71.8. The third-order valence-corrected chi connectivity index (χ3v) is 28.1. The van der Waals surface area contributed by atoms with E-state index in [1.54, 1.807) is 0 Å². The highest BCUT2D eigenvalue weighted by molar-refractivity contribution is 8.01. The third-order valence-electron chi connectivity index (χ3n) is 25.7. The van der Waals surface area contributed by atoms with Crippen LogP contribution in [0.15, 0.2) is 329 Å². The number of hydrogen-bond acceptors (Lipinski definition) is 4. The Morgan fingerprint density at radius 1 is 0.246 bits per heavy atom. The number of nitrogens with zero attached hydrogens (tertiary/aromatic N) is 4. The van der Waals surface area contributed by atoms with E-state index in [9.17, 15) is 0 Å². The van der Waals surface area contributed by atoms with Gasteiger partial charge in [0.15, 0.2) is 0 Å². The van der Waals surface area contributed by atoms with Crippen LogP contribution in [-0.2, 0) is 27.1 Å². The molecule has 0 fully saturated rings. The van der Waals surface area contributed by atoms with Crippen molar-refractivity contribution < 1.29 is 0 Å². The highest BCUT2D eigenvalue weighted by Gasteiger charge is 2.49. The summed E-state index contributed by atoms with van der Waals surface area (Å²) in [5.74, 6) is 0. The molecule has 0 bridgehead atoms. The van der Waals surface area contributed by atoms with E-state index in [1.807, 2.05) is 23.5 Å². The first-order chi connectivity index (χ1) is 56.7. The summed E-state index contributed by atoms with van der Waals surface area (Å²) in [6.07, 6.45) is 0. The minimum Gasteiger partial charge on any atom is -0.310 e. The van der Waals surface area contributed by atoms with Crippen LogP contribution in [0.3, 0.4) is 0 Å². The molecule has 15 aromatic carbocycles. The lowest BCUT2D eigenvalue weighted by atomic mass is 9.31. The average Bonchev–Trinajstić information content (AvgIpc) is 0.901. The molecule has 0 aliphatic carbocycles. The Labute approximate surface area is 704 Å². The quantitative estimate of drug-likeness (QED) is 0.141. The van der Waals surface area contributed by atoms with E-state index in [-0.39, 0.29) is 40.5 Å². The lowest BCUT2D eigenvalue weighted by Gasteiger charge is -2.45. The maximum Gasteiger partial charge on any atom is 0.249 e. The number of fused-ring (bicyclic) bond motifs is 14. The highest BCUT2D eigenvalue weighted by Crippen LogP contribution is 2.56. The molecular weight excluding hydrogens is 1460 g/mol. The molecule has 0 N–H and O–H groups in total. The third kappa shape index (κ3) is 11.7. The lowest BCUT2D eigenvalue weighted by molar-refractivity contribution is 0.567. The van der Waals surface area contributed by atoms with Gasteiger partial charge in [-0.25, -0.2) is 0 Å². The van der Waals surface area contributed by atoms with Crippen LogP contribution in [0.25, 0.3) is 99.5 Å². The second-order valence-electron chi connectivity index (χ2n) is 38.4.